The van der Waals surface area contributed by atoms with Crippen molar-refractivity contribution >= 4 is 17.5 Å². The Labute approximate surface area is 166 Å². The summed E-state index contributed by atoms with van der Waals surface area (Å²) in [5.74, 6) is 1.60. The fraction of sp³-hybridized carbons (Fsp3) is 0.435. The minimum absolute atomic E-state index is 0.0992. The van der Waals surface area contributed by atoms with Crippen molar-refractivity contribution in [2.75, 3.05) is 13.1 Å². The van der Waals surface area contributed by atoms with Crippen molar-refractivity contribution < 1.29 is 9.53 Å². The predicted octanol–water partition coefficient (Wildman–Crippen LogP) is 5.13. The van der Waals surface area contributed by atoms with Gasteiger partial charge in [0.1, 0.15) is 11.9 Å². The molecule has 2 aliphatic rings. The maximum absolute atomic E-state index is 12.8. The molecule has 2 unspecified atom stereocenters. The van der Waals surface area contributed by atoms with E-state index in [-0.39, 0.29) is 23.8 Å². The molecule has 1 amide bonds. The van der Waals surface area contributed by atoms with Gasteiger partial charge in [-0.3, -0.25) is 4.79 Å². The zero-order chi connectivity index (χ0) is 19.0. The smallest absolute Gasteiger partial charge is 0.226 e. The van der Waals surface area contributed by atoms with Crippen LogP contribution in [0.3, 0.4) is 0 Å². The Morgan fingerprint density at radius 1 is 1.07 bits per heavy atom. The third kappa shape index (κ3) is 3.98. The molecular weight excluding hydrogens is 358 g/mol. The first kappa shape index (κ1) is 18.4. The quantitative estimate of drug-likeness (QED) is 0.732. The molecule has 0 aromatic heterocycles. The highest BCUT2D eigenvalue weighted by Gasteiger charge is 2.46. The molecule has 1 heterocycles. The number of carbonyl (C=O) groups excluding carboxylic acids is 1. The minimum atomic E-state index is 0.0992. The molecular formula is C23H26ClNO2. The first-order valence-corrected chi connectivity index (χ1v) is 10.2. The molecule has 1 saturated carbocycles. The average molecular weight is 384 g/mol. The molecule has 142 valence electrons. The van der Waals surface area contributed by atoms with E-state index in [1.54, 1.807) is 0 Å². The van der Waals surface area contributed by atoms with E-state index in [0.717, 1.165) is 48.7 Å². The molecule has 0 spiro atoms. The van der Waals surface area contributed by atoms with E-state index in [1.807, 2.05) is 35.2 Å². The van der Waals surface area contributed by atoms with Gasteiger partial charge in [0.15, 0.2) is 0 Å². The largest absolute Gasteiger partial charge is 0.490 e. The molecule has 1 aliphatic carbocycles. The van der Waals surface area contributed by atoms with Gasteiger partial charge < -0.3 is 9.64 Å². The average Bonchev–Trinajstić information content (AvgIpc) is 3.46. The fourth-order valence-electron chi connectivity index (χ4n) is 4.00. The van der Waals surface area contributed by atoms with Crippen LogP contribution >= 0.6 is 11.6 Å². The first-order chi connectivity index (χ1) is 13.0. The molecule has 2 aromatic carbocycles. The molecule has 0 bridgehead atoms. The molecule has 27 heavy (non-hydrogen) atoms. The van der Waals surface area contributed by atoms with E-state index in [4.69, 9.17) is 16.3 Å². The highest BCUT2D eigenvalue weighted by Crippen LogP contribution is 2.50. The van der Waals surface area contributed by atoms with Crippen LogP contribution in [0.15, 0.2) is 42.5 Å². The highest BCUT2D eigenvalue weighted by atomic mass is 35.5. The van der Waals surface area contributed by atoms with E-state index >= 15 is 0 Å². The number of hydrogen-bond acceptors (Lipinski definition) is 2. The number of ether oxygens (including phenoxy) is 1. The van der Waals surface area contributed by atoms with Gasteiger partial charge >= 0.3 is 0 Å². The lowest BCUT2D eigenvalue weighted by Crippen LogP contribution is -2.42. The van der Waals surface area contributed by atoms with Crippen molar-refractivity contribution in [1.82, 2.24) is 4.90 Å². The van der Waals surface area contributed by atoms with Crippen LogP contribution in [-0.2, 0) is 4.79 Å². The number of rotatable bonds is 4. The van der Waals surface area contributed by atoms with Crippen LogP contribution in [0.25, 0.3) is 0 Å². The summed E-state index contributed by atoms with van der Waals surface area (Å²) < 4.78 is 6.15. The summed E-state index contributed by atoms with van der Waals surface area (Å²) >= 11 is 6.29. The van der Waals surface area contributed by atoms with Gasteiger partial charge in [-0.2, -0.15) is 0 Å². The van der Waals surface area contributed by atoms with Gasteiger partial charge in [0.05, 0.1) is 0 Å². The Hall–Kier alpha value is -2.00. The van der Waals surface area contributed by atoms with Crippen molar-refractivity contribution in [2.24, 2.45) is 5.92 Å². The van der Waals surface area contributed by atoms with Crippen LogP contribution in [-0.4, -0.2) is 30.0 Å². The van der Waals surface area contributed by atoms with Gasteiger partial charge in [-0.05, 0) is 61.1 Å². The van der Waals surface area contributed by atoms with E-state index in [0.29, 0.717) is 0 Å². The summed E-state index contributed by atoms with van der Waals surface area (Å²) in [6.45, 7) is 5.77. The summed E-state index contributed by atoms with van der Waals surface area (Å²) in [5, 5.41) is 0.776. The number of amides is 1. The van der Waals surface area contributed by atoms with E-state index in [9.17, 15) is 4.79 Å². The maximum atomic E-state index is 12.8. The van der Waals surface area contributed by atoms with Gasteiger partial charge in [0, 0.05) is 36.9 Å². The predicted molar refractivity (Wildman–Crippen MR) is 108 cm³/mol. The van der Waals surface area contributed by atoms with Crippen LogP contribution in [0, 0.1) is 19.8 Å². The normalized spacial score (nSPS) is 22.6. The second kappa shape index (κ2) is 7.55. The number of benzene rings is 2. The lowest BCUT2D eigenvalue weighted by atomic mass is 10.1. The number of piperidine rings is 1. The van der Waals surface area contributed by atoms with E-state index in [2.05, 4.69) is 26.0 Å². The van der Waals surface area contributed by atoms with Gasteiger partial charge in [-0.1, -0.05) is 35.9 Å². The molecule has 4 rings (SSSR count). The Morgan fingerprint density at radius 2 is 1.81 bits per heavy atom. The van der Waals surface area contributed by atoms with Crippen molar-refractivity contribution in [3.63, 3.8) is 0 Å². The van der Waals surface area contributed by atoms with Crippen LogP contribution in [0.1, 0.15) is 41.9 Å². The van der Waals surface area contributed by atoms with Gasteiger partial charge in [0.2, 0.25) is 5.91 Å². The van der Waals surface area contributed by atoms with Crippen molar-refractivity contribution in [3.8, 4) is 5.75 Å². The SMILES string of the molecule is Cc1ccc(OC2CCN(C(=O)C3CC3c3ccccc3Cl)CC2)cc1C. The summed E-state index contributed by atoms with van der Waals surface area (Å²) in [5.41, 5.74) is 3.64. The second-order valence-electron chi connectivity index (χ2n) is 7.86. The summed E-state index contributed by atoms with van der Waals surface area (Å²) in [6.07, 6.45) is 2.89. The number of carbonyl (C=O) groups is 1. The number of hydrogen-bond donors (Lipinski definition) is 0. The number of nitrogens with zero attached hydrogens (tertiary/aromatic N) is 1. The number of halogens is 1. The molecule has 3 nitrogen and oxygen atoms in total. The third-order valence-corrected chi connectivity index (χ3v) is 6.29. The molecule has 4 heteroatoms. The fourth-order valence-corrected chi connectivity index (χ4v) is 4.27. The van der Waals surface area contributed by atoms with Gasteiger partial charge in [-0.25, -0.2) is 0 Å². The zero-order valence-corrected chi connectivity index (χ0v) is 16.7. The Morgan fingerprint density at radius 3 is 2.52 bits per heavy atom. The van der Waals surface area contributed by atoms with Crippen molar-refractivity contribution in [1.29, 1.82) is 0 Å². The highest BCUT2D eigenvalue weighted by molar-refractivity contribution is 6.31. The standard InChI is InChI=1S/C23H26ClNO2/c1-15-7-8-18(13-16(15)2)27-17-9-11-25(12-10-17)23(26)21-14-20(21)19-5-3-4-6-22(19)24/h3-8,13,17,20-21H,9-12,14H2,1-2H3. The van der Waals surface area contributed by atoms with Gasteiger partial charge in [0.25, 0.3) is 0 Å². The first-order valence-electron chi connectivity index (χ1n) is 9.80. The van der Waals surface area contributed by atoms with Crippen molar-refractivity contribution in [2.45, 2.75) is 45.1 Å². The molecule has 2 fully saturated rings. The summed E-state index contributed by atoms with van der Waals surface area (Å²) in [4.78, 5) is 14.9. The van der Waals surface area contributed by atoms with E-state index < -0.39 is 0 Å². The molecule has 0 N–H and O–H groups in total. The molecule has 1 aliphatic heterocycles. The minimum Gasteiger partial charge on any atom is -0.490 e. The lowest BCUT2D eigenvalue weighted by molar-refractivity contribution is -0.134. The lowest BCUT2D eigenvalue weighted by Gasteiger charge is -2.32. The zero-order valence-electron chi connectivity index (χ0n) is 16.0. The Balaban J connectivity index is 1.30. The molecule has 2 aromatic rings. The molecule has 2 atom stereocenters. The Kier molecular flexibility index (Phi) is 5.14. The monoisotopic (exact) mass is 383 g/mol. The van der Waals surface area contributed by atoms with E-state index in [1.165, 1.54) is 11.1 Å². The summed E-state index contributed by atoms with van der Waals surface area (Å²) in [7, 11) is 0. The van der Waals surface area contributed by atoms with Crippen LogP contribution in [0.5, 0.6) is 5.75 Å². The number of aryl methyl sites for hydroxylation is 2. The molecule has 1 saturated heterocycles. The second-order valence-corrected chi connectivity index (χ2v) is 8.27. The van der Waals surface area contributed by atoms with Crippen LogP contribution in [0.2, 0.25) is 5.02 Å². The molecule has 0 radical (unpaired) electrons. The van der Waals surface area contributed by atoms with Crippen LogP contribution in [0.4, 0.5) is 0 Å². The van der Waals surface area contributed by atoms with Gasteiger partial charge in [-0.15, -0.1) is 0 Å². The topological polar surface area (TPSA) is 29.5 Å². The summed E-state index contributed by atoms with van der Waals surface area (Å²) in [6, 6.07) is 14.1. The number of likely N-dealkylation sites (tertiary alicyclic amines) is 1. The van der Waals surface area contributed by atoms with Crippen LogP contribution < -0.4 is 4.74 Å². The Bertz CT molecular complexity index is 842. The third-order valence-electron chi connectivity index (χ3n) is 5.95. The maximum Gasteiger partial charge on any atom is 0.226 e. The van der Waals surface area contributed by atoms with Crippen molar-refractivity contribution in [3.05, 3.63) is 64.2 Å².